The normalized spacial score (nSPS) is 18.0. The van der Waals surface area contributed by atoms with E-state index in [4.69, 9.17) is 4.74 Å². The number of likely N-dealkylation sites (N-methyl/N-ethyl adjacent to an activating group) is 1. The summed E-state index contributed by atoms with van der Waals surface area (Å²) in [4.78, 5) is 27.8. The number of urea groups is 1. The Morgan fingerprint density at radius 3 is 2.31 bits per heavy atom. The Kier molecular flexibility index (Phi) is 9.44. The molecule has 0 aromatic heterocycles. The average molecular weight is 603 g/mol. The first kappa shape index (κ1) is 30.9. The molecule has 0 bridgehead atoms. The molecule has 0 unspecified atom stereocenters. The highest BCUT2D eigenvalue weighted by Gasteiger charge is 2.36. The molecule has 224 valence electrons. The highest BCUT2D eigenvalue weighted by molar-refractivity contribution is 7.89. The van der Waals surface area contributed by atoms with Gasteiger partial charge in [0.2, 0.25) is 10.0 Å². The third kappa shape index (κ3) is 6.86. The van der Waals surface area contributed by atoms with Crippen LogP contribution in [0.2, 0.25) is 0 Å². The second kappa shape index (κ2) is 12.8. The number of nitrogens with one attached hydrogen (secondary N) is 2. The number of amides is 3. The fourth-order valence-electron chi connectivity index (χ4n) is 4.52. The van der Waals surface area contributed by atoms with Gasteiger partial charge in [0.15, 0.2) is 5.75 Å². The molecule has 3 aromatic rings. The second-order valence-corrected chi connectivity index (χ2v) is 12.2. The van der Waals surface area contributed by atoms with Gasteiger partial charge in [-0.15, -0.1) is 0 Å². The maximum atomic E-state index is 13.6. The van der Waals surface area contributed by atoms with Crippen LogP contribution in [0.25, 0.3) is 0 Å². The highest BCUT2D eigenvalue weighted by atomic mass is 32.2. The number of nitrogens with zero attached hydrogens (tertiary/aromatic N) is 2. The number of hydrogen-bond donors (Lipinski definition) is 3. The summed E-state index contributed by atoms with van der Waals surface area (Å²) in [6, 6.07) is 12.9. The van der Waals surface area contributed by atoms with Crippen LogP contribution in [0.15, 0.2) is 71.6 Å². The van der Waals surface area contributed by atoms with Crippen LogP contribution < -0.4 is 15.4 Å². The Hall–Kier alpha value is -4.07. The van der Waals surface area contributed by atoms with E-state index in [0.717, 1.165) is 16.4 Å². The number of hydrogen-bond acceptors (Lipinski definition) is 6. The van der Waals surface area contributed by atoms with Crippen molar-refractivity contribution >= 4 is 33.3 Å². The maximum absolute atomic E-state index is 13.6. The van der Waals surface area contributed by atoms with E-state index in [0.29, 0.717) is 5.69 Å². The molecule has 3 N–H and O–H groups in total. The van der Waals surface area contributed by atoms with Crippen LogP contribution in [0.4, 0.5) is 25.0 Å². The van der Waals surface area contributed by atoms with Gasteiger partial charge < -0.3 is 25.4 Å². The van der Waals surface area contributed by atoms with Gasteiger partial charge in [0.1, 0.15) is 17.7 Å². The van der Waals surface area contributed by atoms with Crippen molar-refractivity contribution in [1.82, 2.24) is 9.21 Å². The molecular formula is C29H32F2N4O6S. The van der Waals surface area contributed by atoms with E-state index in [1.54, 1.807) is 19.9 Å². The van der Waals surface area contributed by atoms with Gasteiger partial charge in [0.05, 0.1) is 35.3 Å². The molecule has 0 aliphatic carbocycles. The highest BCUT2D eigenvalue weighted by Crippen LogP contribution is 2.35. The molecule has 1 aliphatic heterocycles. The molecule has 1 aliphatic rings. The molecule has 0 radical (unpaired) electrons. The number of benzene rings is 3. The first-order valence-electron chi connectivity index (χ1n) is 13.2. The molecule has 13 heteroatoms. The minimum atomic E-state index is -4.03. The van der Waals surface area contributed by atoms with Crippen molar-refractivity contribution in [2.75, 3.05) is 37.4 Å². The van der Waals surface area contributed by atoms with E-state index < -0.39 is 51.7 Å². The lowest BCUT2D eigenvalue weighted by Crippen LogP contribution is -2.50. The number of fused-ring (bicyclic) bond motifs is 1. The summed E-state index contributed by atoms with van der Waals surface area (Å²) in [7, 11) is -2.66. The van der Waals surface area contributed by atoms with E-state index >= 15 is 0 Å². The van der Waals surface area contributed by atoms with Crippen molar-refractivity contribution < 1.29 is 36.6 Å². The third-order valence-corrected chi connectivity index (χ3v) is 8.84. The zero-order chi connectivity index (χ0) is 30.6. The van der Waals surface area contributed by atoms with Gasteiger partial charge in [-0.1, -0.05) is 13.0 Å². The van der Waals surface area contributed by atoms with E-state index in [1.165, 1.54) is 60.5 Å². The van der Waals surface area contributed by atoms with Crippen molar-refractivity contribution in [3.05, 3.63) is 83.9 Å². The van der Waals surface area contributed by atoms with Gasteiger partial charge in [0, 0.05) is 25.2 Å². The van der Waals surface area contributed by atoms with Crippen molar-refractivity contribution in [2.45, 2.75) is 30.9 Å². The van der Waals surface area contributed by atoms with Gasteiger partial charge in [-0.05, 0) is 67.6 Å². The summed E-state index contributed by atoms with van der Waals surface area (Å²) >= 11 is 0. The second-order valence-electron chi connectivity index (χ2n) is 10.1. The van der Waals surface area contributed by atoms with Crippen molar-refractivity contribution in [3.8, 4) is 5.75 Å². The van der Waals surface area contributed by atoms with Gasteiger partial charge in [-0.2, -0.15) is 4.31 Å². The number of rotatable bonds is 8. The average Bonchev–Trinajstić information content (AvgIpc) is 2.96. The maximum Gasteiger partial charge on any atom is 0.323 e. The number of carbonyl (C=O) groups is 2. The zero-order valence-electron chi connectivity index (χ0n) is 23.3. The van der Waals surface area contributed by atoms with Gasteiger partial charge in [0.25, 0.3) is 5.91 Å². The molecule has 0 saturated heterocycles. The number of carbonyl (C=O) groups excluding carboxylic acids is 2. The quantitative estimate of drug-likeness (QED) is 0.356. The summed E-state index contributed by atoms with van der Waals surface area (Å²) in [6.45, 7) is 3.17. The van der Waals surface area contributed by atoms with E-state index in [2.05, 4.69) is 10.6 Å². The van der Waals surface area contributed by atoms with Crippen molar-refractivity contribution in [3.63, 3.8) is 0 Å². The minimum Gasteiger partial charge on any atom is -0.486 e. The summed E-state index contributed by atoms with van der Waals surface area (Å²) in [5, 5.41) is 15.1. The largest absolute Gasteiger partial charge is 0.486 e. The number of aliphatic hydroxyl groups is 1. The topological polar surface area (TPSA) is 128 Å². The minimum absolute atomic E-state index is 0.0241. The number of aliphatic hydroxyl groups excluding tert-OH is 1. The Bertz CT molecular complexity index is 1540. The summed E-state index contributed by atoms with van der Waals surface area (Å²) in [5.41, 5.74) is 0.572. The Morgan fingerprint density at radius 2 is 1.69 bits per heavy atom. The third-order valence-electron chi connectivity index (χ3n) is 7.00. The first-order chi connectivity index (χ1) is 19.9. The van der Waals surface area contributed by atoms with Crippen LogP contribution in [0.5, 0.6) is 5.75 Å². The van der Waals surface area contributed by atoms with Crippen LogP contribution in [-0.4, -0.2) is 73.6 Å². The zero-order valence-corrected chi connectivity index (χ0v) is 24.1. The first-order valence-corrected chi connectivity index (χ1v) is 14.6. The molecule has 3 atom stereocenters. The summed E-state index contributed by atoms with van der Waals surface area (Å²) in [5.74, 6) is -1.88. The Balaban J connectivity index is 1.68. The molecule has 0 fully saturated rings. The molecule has 3 amide bonds. The van der Waals surface area contributed by atoms with Gasteiger partial charge in [-0.3, -0.25) is 4.79 Å². The van der Waals surface area contributed by atoms with Crippen molar-refractivity contribution in [2.24, 2.45) is 5.92 Å². The lowest BCUT2D eigenvalue weighted by molar-refractivity contribution is 0.0389. The fraction of sp³-hybridized carbons (Fsp3) is 0.310. The molecule has 1 heterocycles. The predicted molar refractivity (Wildman–Crippen MR) is 153 cm³/mol. The number of sulfonamides is 1. The predicted octanol–water partition coefficient (Wildman–Crippen LogP) is 4.15. The molecule has 42 heavy (non-hydrogen) atoms. The summed E-state index contributed by atoms with van der Waals surface area (Å²) < 4.78 is 60.6. The molecule has 3 aromatic carbocycles. The van der Waals surface area contributed by atoms with Gasteiger partial charge >= 0.3 is 6.03 Å². The standard InChI is InChI=1S/C29H32F2N4O6S/c1-18-15-35(19(2)17-36)28(37)24-5-4-6-25(33-29(38)32-22-11-7-20(30)8-12-22)27(24)41-26(18)16-34(3)42(39,40)23-13-9-21(31)10-14-23/h4-14,18-19,26,36H,15-17H2,1-3H3,(H2,32,33,38)/t18-,19+,26-/m0/s1. The van der Waals surface area contributed by atoms with Crippen LogP contribution >= 0.6 is 0 Å². The van der Waals surface area contributed by atoms with Crippen LogP contribution in [-0.2, 0) is 10.0 Å². The monoisotopic (exact) mass is 602 g/mol. The van der Waals surface area contributed by atoms with Crippen LogP contribution in [0.1, 0.15) is 24.2 Å². The molecule has 0 spiro atoms. The van der Waals surface area contributed by atoms with E-state index in [1.807, 2.05) is 0 Å². The van der Waals surface area contributed by atoms with Gasteiger partial charge in [-0.25, -0.2) is 22.0 Å². The number of anilines is 2. The van der Waals surface area contributed by atoms with E-state index in [-0.39, 0.29) is 41.6 Å². The lowest BCUT2D eigenvalue weighted by Gasteiger charge is -2.38. The van der Waals surface area contributed by atoms with Crippen LogP contribution in [0.3, 0.4) is 0 Å². The SMILES string of the molecule is C[C@H](CO)N1C[C@H](C)[C@H](CN(C)S(=O)(=O)c2ccc(F)cc2)Oc2c(NC(=O)Nc3ccc(F)cc3)cccc2C1=O. The van der Waals surface area contributed by atoms with Crippen molar-refractivity contribution in [1.29, 1.82) is 0 Å². The smallest absolute Gasteiger partial charge is 0.323 e. The Labute approximate surface area is 242 Å². The van der Waals surface area contributed by atoms with E-state index in [9.17, 15) is 31.9 Å². The fourth-order valence-corrected chi connectivity index (χ4v) is 5.70. The van der Waals surface area contributed by atoms with Crippen LogP contribution in [0, 0.1) is 17.6 Å². The molecule has 0 saturated carbocycles. The molecular weight excluding hydrogens is 570 g/mol. The lowest BCUT2D eigenvalue weighted by atomic mass is 9.99. The number of halogens is 2. The summed E-state index contributed by atoms with van der Waals surface area (Å²) in [6.07, 6.45) is -0.812. The Morgan fingerprint density at radius 1 is 1.07 bits per heavy atom. The molecule has 4 rings (SSSR count). The number of para-hydroxylation sites is 1. The molecule has 10 nitrogen and oxygen atoms in total. The number of ether oxygens (including phenoxy) is 1.